The second-order valence-electron chi connectivity index (χ2n) is 5.84. The van der Waals surface area contributed by atoms with Crippen molar-refractivity contribution in [2.24, 2.45) is 5.10 Å². The molecular weight excluding hydrogens is 345 g/mol. The van der Waals surface area contributed by atoms with Crippen LogP contribution in [0, 0.1) is 6.92 Å². The van der Waals surface area contributed by atoms with Gasteiger partial charge in [0.05, 0.1) is 0 Å². The predicted octanol–water partition coefficient (Wildman–Crippen LogP) is 4.29. The van der Waals surface area contributed by atoms with E-state index in [4.69, 9.17) is 11.6 Å². The third-order valence-corrected chi connectivity index (χ3v) is 4.34. The number of hydrogen-bond acceptors (Lipinski definition) is 3. The fourth-order valence-corrected chi connectivity index (χ4v) is 2.59. The summed E-state index contributed by atoms with van der Waals surface area (Å²) in [4.78, 5) is 12.5. The number of nitrogens with zero attached hydrogens (tertiary/aromatic N) is 2. The van der Waals surface area contributed by atoms with E-state index < -0.39 is 24.2 Å². The van der Waals surface area contributed by atoms with E-state index in [1.54, 1.807) is 6.92 Å². The van der Waals surface area contributed by atoms with Crippen molar-refractivity contribution in [3.8, 4) is 0 Å². The molecule has 1 amide bonds. The molecule has 0 bridgehead atoms. The minimum Gasteiger partial charge on any atom is -0.362 e. The van der Waals surface area contributed by atoms with Gasteiger partial charge in [0, 0.05) is 22.7 Å². The lowest BCUT2D eigenvalue weighted by molar-refractivity contribution is -0.297. The minimum atomic E-state index is -5.01. The first-order valence-electron chi connectivity index (χ1n) is 7.56. The molecule has 1 atom stereocenters. The molecule has 0 unspecified atom stereocenters. The molecule has 1 N–H and O–H groups in total. The first-order valence-corrected chi connectivity index (χ1v) is 7.94. The molecule has 1 aromatic rings. The third kappa shape index (κ3) is 3.42. The standard InChI is InChI=1S/C16H18ClF3N2O2/c1-3-4-5-12-9-15(24,16(18,19)20)22(21-12)14(23)11-6-7-13(17)10(2)8-11/h6-8,24H,3-5,9H2,1-2H3/t15-/m1/s1. The quantitative estimate of drug-likeness (QED) is 0.868. The van der Waals surface area contributed by atoms with Crippen LogP contribution in [-0.4, -0.2) is 33.6 Å². The zero-order chi connectivity index (χ0) is 18.1. The smallest absolute Gasteiger partial charge is 0.362 e. The van der Waals surface area contributed by atoms with Crippen LogP contribution in [0.2, 0.25) is 5.02 Å². The normalized spacial score (nSPS) is 21.1. The van der Waals surface area contributed by atoms with Crippen LogP contribution in [0.1, 0.15) is 48.5 Å². The van der Waals surface area contributed by atoms with Gasteiger partial charge >= 0.3 is 6.18 Å². The van der Waals surface area contributed by atoms with E-state index in [0.29, 0.717) is 23.4 Å². The molecule has 8 heteroatoms. The SMILES string of the molecule is CCCCC1=NN(C(=O)c2ccc(Cl)c(C)c2)[C@](O)(C(F)(F)F)C1. The maximum atomic E-state index is 13.4. The Balaban J connectivity index is 2.39. The lowest BCUT2D eigenvalue weighted by Crippen LogP contribution is -2.56. The highest BCUT2D eigenvalue weighted by Crippen LogP contribution is 2.41. The van der Waals surface area contributed by atoms with E-state index in [2.05, 4.69) is 5.10 Å². The summed E-state index contributed by atoms with van der Waals surface area (Å²) in [6.45, 7) is 3.53. The average molecular weight is 363 g/mol. The first kappa shape index (κ1) is 18.7. The van der Waals surface area contributed by atoms with Crippen LogP contribution < -0.4 is 0 Å². The summed E-state index contributed by atoms with van der Waals surface area (Å²) in [6, 6.07) is 4.11. The van der Waals surface area contributed by atoms with Crippen LogP contribution in [0.4, 0.5) is 13.2 Å². The molecular formula is C16H18ClF3N2O2. The monoisotopic (exact) mass is 362 g/mol. The van der Waals surface area contributed by atoms with E-state index in [1.807, 2.05) is 6.92 Å². The number of aryl methyl sites for hydroxylation is 1. The van der Waals surface area contributed by atoms with Gasteiger partial charge in [-0.2, -0.15) is 23.3 Å². The van der Waals surface area contributed by atoms with Crippen molar-refractivity contribution in [3.05, 3.63) is 34.3 Å². The maximum Gasteiger partial charge on any atom is 0.438 e. The Bertz CT molecular complexity index is 676. The molecule has 2 rings (SSSR count). The number of benzene rings is 1. The van der Waals surface area contributed by atoms with Gasteiger partial charge in [-0.1, -0.05) is 24.9 Å². The second kappa shape index (κ2) is 6.72. The van der Waals surface area contributed by atoms with Gasteiger partial charge in [-0.15, -0.1) is 0 Å². The average Bonchev–Trinajstić information content (AvgIpc) is 2.85. The number of rotatable bonds is 4. The predicted molar refractivity (Wildman–Crippen MR) is 84.9 cm³/mol. The van der Waals surface area contributed by atoms with Gasteiger partial charge in [0.2, 0.25) is 0 Å². The molecule has 0 fully saturated rings. The molecule has 1 aromatic carbocycles. The van der Waals surface area contributed by atoms with Gasteiger partial charge < -0.3 is 5.11 Å². The summed E-state index contributed by atoms with van der Waals surface area (Å²) in [5, 5.41) is 14.5. The molecule has 1 aliphatic rings. The lowest BCUT2D eigenvalue weighted by atomic mass is 10.0. The number of alkyl halides is 3. The fraction of sp³-hybridized carbons (Fsp3) is 0.500. The number of carbonyl (C=O) groups is 1. The summed E-state index contributed by atoms with van der Waals surface area (Å²) in [5.74, 6) is -1.01. The molecule has 4 nitrogen and oxygen atoms in total. The summed E-state index contributed by atoms with van der Waals surface area (Å²) in [6.07, 6.45) is -4.03. The largest absolute Gasteiger partial charge is 0.438 e. The van der Waals surface area contributed by atoms with Gasteiger partial charge in [0.25, 0.3) is 11.6 Å². The molecule has 0 spiro atoms. The molecule has 0 saturated heterocycles. The molecule has 24 heavy (non-hydrogen) atoms. The van der Waals surface area contributed by atoms with Crippen LogP contribution in [-0.2, 0) is 0 Å². The fourth-order valence-electron chi connectivity index (χ4n) is 2.47. The highest BCUT2D eigenvalue weighted by molar-refractivity contribution is 6.31. The molecule has 132 valence electrons. The number of carbonyl (C=O) groups excluding carboxylic acids is 1. The summed E-state index contributed by atoms with van der Waals surface area (Å²) >= 11 is 5.87. The van der Waals surface area contributed by atoms with Gasteiger partial charge in [0.15, 0.2) is 0 Å². The van der Waals surface area contributed by atoms with Crippen molar-refractivity contribution in [1.82, 2.24) is 5.01 Å². The van der Waals surface area contributed by atoms with E-state index in [9.17, 15) is 23.1 Å². The van der Waals surface area contributed by atoms with Crippen LogP contribution in [0.5, 0.6) is 0 Å². The number of hydrazone groups is 1. The van der Waals surface area contributed by atoms with E-state index >= 15 is 0 Å². The van der Waals surface area contributed by atoms with Crippen LogP contribution in [0.3, 0.4) is 0 Å². The van der Waals surface area contributed by atoms with Crippen LogP contribution in [0.15, 0.2) is 23.3 Å². The van der Waals surface area contributed by atoms with E-state index in [-0.39, 0.29) is 16.3 Å². The lowest BCUT2D eigenvalue weighted by Gasteiger charge is -2.32. The van der Waals surface area contributed by atoms with Gasteiger partial charge in [-0.05, 0) is 43.5 Å². The number of unbranched alkanes of at least 4 members (excludes halogenated alkanes) is 1. The number of halogens is 4. The second-order valence-corrected chi connectivity index (χ2v) is 6.25. The summed E-state index contributed by atoms with van der Waals surface area (Å²) in [5.41, 5.74) is -2.62. The summed E-state index contributed by atoms with van der Waals surface area (Å²) in [7, 11) is 0. The molecule has 0 radical (unpaired) electrons. The Morgan fingerprint density at radius 3 is 2.67 bits per heavy atom. The number of amides is 1. The van der Waals surface area contributed by atoms with Gasteiger partial charge in [0.1, 0.15) is 0 Å². The Morgan fingerprint density at radius 1 is 1.46 bits per heavy atom. The molecule has 0 saturated carbocycles. The van der Waals surface area contributed by atoms with Crippen molar-refractivity contribution >= 4 is 23.2 Å². The number of aliphatic hydroxyl groups is 1. The Hall–Kier alpha value is -1.60. The van der Waals surface area contributed by atoms with Gasteiger partial charge in [-0.3, -0.25) is 4.79 Å². The van der Waals surface area contributed by atoms with Gasteiger partial charge in [-0.25, -0.2) is 0 Å². The Kier molecular flexibility index (Phi) is 5.25. The molecule has 1 heterocycles. The molecule has 0 aliphatic carbocycles. The highest BCUT2D eigenvalue weighted by atomic mass is 35.5. The van der Waals surface area contributed by atoms with Crippen molar-refractivity contribution in [1.29, 1.82) is 0 Å². The van der Waals surface area contributed by atoms with Crippen molar-refractivity contribution < 1.29 is 23.1 Å². The van der Waals surface area contributed by atoms with E-state index in [0.717, 1.165) is 6.42 Å². The first-order chi connectivity index (χ1) is 11.1. The summed E-state index contributed by atoms with van der Waals surface area (Å²) < 4.78 is 40.1. The van der Waals surface area contributed by atoms with Crippen LogP contribution >= 0.6 is 11.6 Å². The third-order valence-electron chi connectivity index (χ3n) is 3.91. The maximum absolute atomic E-state index is 13.4. The van der Waals surface area contributed by atoms with Crippen molar-refractivity contribution in [2.45, 2.75) is 51.4 Å². The number of hydrogen-bond donors (Lipinski definition) is 1. The van der Waals surface area contributed by atoms with Crippen molar-refractivity contribution in [2.75, 3.05) is 0 Å². The molecule has 1 aliphatic heterocycles. The van der Waals surface area contributed by atoms with Crippen LogP contribution in [0.25, 0.3) is 0 Å². The Morgan fingerprint density at radius 2 is 2.12 bits per heavy atom. The van der Waals surface area contributed by atoms with E-state index in [1.165, 1.54) is 18.2 Å². The zero-order valence-electron chi connectivity index (χ0n) is 13.3. The topological polar surface area (TPSA) is 52.9 Å². The molecule has 0 aromatic heterocycles. The Labute approximate surface area is 142 Å². The zero-order valence-corrected chi connectivity index (χ0v) is 14.1. The minimum absolute atomic E-state index is 0.0138. The highest BCUT2D eigenvalue weighted by Gasteiger charge is 2.63. The van der Waals surface area contributed by atoms with Crippen molar-refractivity contribution in [3.63, 3.8) is 0 Å².